The van der Waals surface area contributed by atoms with E-state index in [1.54, 1.807) is 0 Å². The third-order valence-corrected chi connectivity index (χ3v) is 7.93. The van der Waals surface area contributed by atoms with E-state index in [1.165, 1.54) is 0 Å². The summed E-state index contributed by atoms with van der Waals surface area (Å²) in [7, 11) is 0. The maximum absolute atomic E-state index is 12.0. The maximum Gasteiger partial charge on any atom is 0.331 e. The number of carbonyl (C=O) groups is 2. The van der Waals surface area contributed by atoms with E-state index < -0.39 is 17.4 Å². The Balaban J connectivity index is 2.04. The molecule has 3 aliphatic carbocycles. The molecule has 0 aliphatic heterocycles. The highest BCUT2D eigenvalue weighted by molar-refractivity contribution is 5.87. The average molecular weight is 348 g/mol. The van der Waals surface area contributed by atoms with Crippen LogP contribution in [-0.4, -0.2) is 22.2 Å². The van der Waals surface area contributed by atoms with Gasteiger partial charge in [-0.05, 0) is 74.0 Å². The highest BCUT2D eigenvalue weighted by Crippen LogP contribution is 2.63. The number of allylic oxidation sites excluding steroid dienone is 1. The minimum Gasteiger partial charge on any atom is -0.481 e. The number of fused-ring (bicyclic) bond motifs is 3. The van der Waals surface area contributed by atoms with Gasteiger partial charge >= 0.3 is 11.9 Å². The number of hydrogen-bond acceptors (Lipinski definition) is 2. The lowest BCUT2D eigenvalue weighted by molar-refractivity contribution is -0.168. The van der Waals surface area contributed by atoms with Crippen LogP contribution in [0.2, 0.25) is 0 Å². The van der Waals surface area contributed by atoms with Gasteiger partial charge in [0.15, 0.2) is 0 Å². The molecule has 6 atom stereocenters. The smallest absolute Gasteiger partial charge is 0.331 e. The molecule has 0 heterocycles. The van der Waals surface area contributed by atoms with Gasteiger partial charge in [-0.15, -0.1) is 0 Å². The Hall–Kier alpha value is -1.32. The molecule has 0 aromatic carbocycles. The molecule has 2 fully saturated rings. The summed E-state index contributed by atoms with van der Waals surface area (Å²) < 4.78 is 0. The molecule has 0 aromatic rings. The highest BCUT2D eigenvalue weighted by atomic mass is 16.4. The second-order valence-electron chi connectivity index (χ2n) is 9.51. The van der Waals surface area contributed by atoms with Gasteiger partial charge in [0.05, 0.1) is 5.41 Å². The van der Waals surface area contributed by atoms with Crippen LogP contribution in [0.15, 0.2) is 11.6 Å². The molecule has 2 N–H and O–H groups in total. The van der Waals surface area contributed by atoms with Crippen LogP contribution >= 0.6 is 0 Å². The van der Waals surface area contributed by atoms with Crippen molar-refractivity contribution in [3.8, 4) is 0 Å². The molecule has 3 aliphatic rings. The summed E-state index contributed by atoms with van der Waals surface area (Å²) in [5, 5.41) is 19.6. The van der Waals surface area contributed by atoms with Gasteiger partial charge < -0.3 is 10.2 Å². The molecule has 2 saturated carbocycles. The van der Waals surface area contributed by atoms with E-state index in [-0.39, 0.29) is 23.2 Å². The molecule has 0 spiro atoms. The molecule has 4 heteroatoms. The number of rotatable bonds is 3. The van der Waals surface area contributed by atoms with E-state index in [0.29, 0.717) is 17.4 Å². The lowest BCUT2D eigenvalue weighted by Gasteiger charge is -2.59. The Labute approximate surface area is 150 Å². The summed E-state index contributed by atoms with van der Waals surface area (Å²) in [5.41, 5.74) is -0.207. The normalized spacial score (nSPS) is 43.8. The topological polar surface area (TPSA) is 74.6 Å². The average Bonchev–Trinajstić information content (AvgIpc) is 2.53. The molecule has 25 heavy (non-hydrogen) atoms. The zero-order valence-electron chi connectivity index (χ0n) is 15.9. The largest absolute Gasteiger partial charge is 0.481 e. The van der Waals surface area contributed by atoms with Crippen molar-refractivity contribution in [3.63, 3.8) is 0 Å². The molecular formula is C21H32O4. The number of hydrogen-bond donors (Lipinski definition) is 2. The Morgan fingerprint density at radius 1 is 1.16 bits per heavy atom. The number of aliphatic carboxylic acids is 2. The summed E-state index contributed by atoms with van der Waals surface area (Å²) in [6.07, 6.45) is 7.64. The predicted molar refractivity (Wildman–Crippen MR) is 96.1 cm³/mol. The molecular weight excluding hydrogens is 316 g/mol. The molecule has 4 nitrogen and oxygen atoms in total. The van der Waals surface area contributed by atoms with Crippen LogP contribution in [0.3, 0.4) is 0 Å². The van der Waals surface area contributed by atoms with Crippen molar-refractivity contribution in [1.82, 2.24) is 0 Å². The molecule has 0 amide bonds. The van der Waals surface area contributed by atoms with Gasteiger partial charge in [0.1, 0.15) is 0 Å². The molecule has 0 radical (unpaired) electrons. The van der Waals surface area contributed by atoms with Gasteiger partial charge in [0, 0.05) is 5.57 Å². The third-order valence-electron chi connectivity index (χ3n) is 7.93. The van der Waals surface area contributed by atoms with E-state index in [4.69, 9.17) is 0 Å². The second-order valence-corrected chi connectivity index (χ2v) is 9.51. The van der Waals surface area contributed by atoms with Crippen molar-refractivity contribution < 1.29 is 19.8 Å². The van der Waals surface area contributed by atoms with E-state index in [9.17, 15) is 19.8 Å². The Bertz CT molecular complexity index is 607. The van der Waals surface area contributed by atoms with Gasteiger partial charge in [0.25, 0.3) is 0 Å². The van der Waals surface area contributed by atoms with E-state index >= 15 is 0 Å². The van der Waals surface area contributed by atoms with Crippen LogP contribution in [-0.2, 0) is 9.59 Å². The van der Waals surface area contributed by atoms with Crippen LogP contribution in [0, 0.1) is 40.4 Å². The third kappa shape index (κ3) is 2.72. The molecule has 0 bridgehead atoms. The Morgan fingerprint density at radius 2 is 1.84 bits per heavy atom. The Kier molecular flexibility index (Phi) is 4.53. The van der Waals surface area contributed by atoms with E-state index in [0.717, 1.165) is 38.5 Å². The lowest BCUT2D eigenvalue weighted by atomic mass is 9.44. The molecule has 3 rings (SSSR count). The van der Waals surface area contributed by atoms with Gasteiger partial charge in [-0.3, -0.25) is 4.79 Å². The van der Waals surface area contributed by atoms with E-state index in [2.05, 4.69) is 20.8 Å². The molecule has 0 saturated heterocycles. The van der Waals surface area contributed by atoms with Crippen LogP contribution in [0.25, 0.3) is 0 Å². The SMILES string of the molecule is CC(C)C1CC2CCC3C(C)(C(=O)O)CCCC3(C)C2C=C1C(=O)O. The standard InChI is InChI=1S/C21H32O4/c1-12(2)14-10-13-6-7-17-20(3,16(13)11-15(14)18(22)23)8-5-9-21(17,4)19(24)25/h11-14,16-17H,5-10H2,1-4H3,(H,22,23)(H,24,25). The fourth-order valence-corrected chi connectivity index (χ4v) is 6.54. The fraction of sp³-hybridized carbons (Fsp3) is 0.810. The quantitative estimate of drug-likeness (QED) is 0.782. The first kappa shape index (κ1) is 18.5. The van der Waals surface area contributed by atoms with Crippen molar-refractivity contribution in [2.75, 3.05) is 0 Å². The summed E-state index contributed by atoms with van der Waals surface area (Å²) in [6.45, 7) is 8.37. The lowest BCUT2D eigenvalue weighted by Crippen LogP contribution is -2.55. The first-order valence-electron chi connectivity index (χ1n) is 9.79. The van der Waals surface area contributed by atoms with Crippen molar-refractivity contribution in [1.29, 1.82) is 0 Å². The first-order chi connectivity index (χ1) is 11.6. The van der Waals surface area contributed by atoms with Crippen molar-refractivity contribution >= 4 is 11.9 Å². The van der Waals surface area contributed by atoms with Crippen molar-refractivity contribution in [2.24, 2.45) is 40.4 Å². The molecule has 140 valence electrons. The number of carboxylic acids is 2. The van der Waals surface area contributed by atoms with E-state index in [1.807, 2.05) is 13.0 Å². The minimum atomic E-state index is -0.792. The first-order valence-corrected chi connectivity index (χ1v) is 9.79. The zero-order valence-corrected chi connectivity index (χ0v) is 15.9. The van der Waals surface area contributed by atoms with Crippen LogP contribution in [0.4, 0.5) is 0 Å². The van der Waals surface area contributed by atoms with Gasteiger partial charge in [0.2, 0.25) is 0 Å². The maximum atomic E-state index is 12.0. The number of carboxylic acid groups (broad SMARTS) is 2. The zero-order chi connectivity index (χ0) is 18.6. The monoisotopic (exact) mass is 348 g/mol. The van der Waals surface area contributed by atoms with Gasteiger partial charge in [-0.25, -0.2) is 4.79 Å². The van der Waals surface area contributed by atoms with Crippen LogP contribution in [0.1, 0.15) is 66.2 Å². The predicted octanol–water partition coefficient (Wildman–Crippen LogP) is 4.60. The van der Waals surface area contributed by atoms with Crippen LogP contribution < -0.4 is 0 Å². The van der Waals surface area contributed by atoms with Gasteiger partial charge in [-0.1, -0.05) is 33.3 Å². The van der Waals surface area contributed by atoms with Crippen molar-refractivity contribution in [3.05, 3.63) is 11.6 Å². The summed E-state index contributed by atoms with van der Waals surface area (Å²) in [5.74, 6) is -0.203. The fourth-order valence-electron chi connectivity index (χ4n) is 6.54. The summed E-state index contributed by atoms with van der Waals surface area (Å²) in [6, 6.07) is 0. The Morgan fingerprint density at radius 3 is 2.40 bits per heavy atom. The second kappa shape index (κ2) is 6.14. The summed E-state index contributed by atoms with van der Waals surface area (Å²) in [4.78, 5) is 23.9. The minimum absolute atomic E-state index is 0.100. The molecule has 0 aromatic heterocycles. The van der Waals surface area contributed by atoms with Crippen molar-refractivity contribution in [2.45, 2.75) is 66.2 Å². The summed E-state index contributed by atoms with van der Waals surface area (Å²) >= 11 is 0. The molecule has 6 unspecified atom stereocenters. The highest BCUT2D eigenvalue weighted by Gasteiger charge is 2.59. The van der Waals surface area contributed by atoms with Gasteiger partial charge in [-0.2, -0.15) is 0 Å². The van der Waals surface area contributed by atoms with Crippen LogP contribution in [0.5, 0.6) is 0 Å².